The zero-order valence-electron chi connectivity index (χ0n) is 12.7. The summed E-state index contributed by atoms with van der Waals surface area (Å²) in [7, 11) is 0. The third-order valence-corrected chi connectivity index (χ3v) is 3.01. The van der Waals surface area contributed by atoms with Crippen LogP contribution in [0.4, 0.5) is 9.59 Å². The van der Waals surface area contributed by atoms with E-state index in [0.29, 0.717) is 11.4 Å². The quantitative estimate of drug-likeness (QED) is 0.580. The molecule has 8 nitrogen and oxygen atoms in total. The van der Waals surface area contributed by atoms with Crippen LogP contribution >= 0.6 is 0 Å². The van der Waals surface area contributed by atoms with Crippen molar-refractivity contribution in [3.8, 4) is 0 Å². The highest BCUT2D eigenvalue weighted by Crippen LogP contribution is 2.04. The Kier molecular flexibility index (Phi) is 4.84. The maximum Gasteiger partial charge on any atom is 0.356 e. The molecular weight excluding hydrogens is 284 g/mol. The number of nitrogens with one attached hydrogen (secondary N) is 3. The molecule has 22 heavy (non-hydrogen) atoms. The van der Waals surface area contributed by atoms with Crippen LogP contribution in [0, 0.1) is 6.92 Å². The predicted octanol–water partition coefficient (Wildman–Crippen LogP) is 1.33. The standard InChI is InChI=1S/C14H18N6O2/c1-9-4-6-12(7-5-9)11(3)15-13(21)17-19-20-8-10(2)16-18-14(20)22/h4-7,19H,8H2,1-3H3,(H,17,21)(H,18,22)/b15-11+. The fourth-order valence-corrected chi connectivity index (χ4v) is 1.78. The van der Waals surface area contributed by atoms with Gasteiger partial charge in [-0.05, 0) is 26.3 Å². The molecule has 0 unspecified atom stereocenters. The van der Waals surface area contributed by atoms with Crippen LogP contribution in [0.2, 0.25) is 0 Å². The number of hydrogen-bond acceptors (Lipinski definition) is 4. The van der Waals surface area contributed by atoms with E-state index in [1.165, 1.54) is 5.01 Å². The monoisotopic (exact) mass is 302 g/mol. The summed E-state index contributed by atoms with van der Waals surface area (Å²) in [4.78, 5) is 27.2. The number of benzene rings is 1. The third-order valence-electron chi connectivity index (χ3n) is 3.01. The molecule has 0 radical (unpaired) electrons. The zero-order valence-corrected chi connectivity index (χ0v) is 12.7. The summed E-state index contributed by atoms with van der Waals surface area (Å²) in [5, 5.41) is 4.97. The van der Waals surface area contributed by atoms with Gasteiger partial charge in [0.25, 0.3) is 0 Å². The second-order valence-electron chi connectivity index (χ2n) is 4.96. The molecular formula is C14H18N6O2. The number of carbonyl (C=O) groups is 2. The summed E-state index contributed by atoms with van der Waals surface area (Å²) in [5.74, 6) is 0. The molecule has 2 rings (SSSR count). The van der Waals surface area contributed by atoms with Crippen LogP contribution in [0.25, 0.3) is 0 Å². The molecule has 3 N–H and O–H groups in total. The van der Waals surface area contributed by atoms with Crippen molar-refractivity contribution in [3.63, 3.8) is 0 Å². The number of hydrazine groups is 2. The molecule has 1 aromatic carbocycles. The summed E-state index contributed by atoms with van der Waals surface area (Å²) in [6, 6.07) is 6.64. The molecule has 0 atom stereocenters. The molecule has 1 aliphatic rings. The summed E-state index contributed by atoms with van der Waals surface area (Å²) in [6.45, 7) is 5.76. The van der Waals surface area contributed by atoms with Gasteiger partial charge in [0.15, 0.2) is 0 Å². The van der Waals surface area contributed by atoms with E-state index in [4.69, 9.17) is 0 Å². The van der Waals surface area contributed by atoms with Crippen molar-refractivity contribution >= 4 is 23.5 Å². The topological polar surface area (TPSA) is 98.2 Å². The zero-order chi connectivity index (χ0) is 16.1. The lowest BCUT2D eigenvalue weighted by atomic mass is 10.1. The number of amides is 4. The molecule has 0 spiro atoms. The molecule has 116 valence electrons. The van der Waals surface area contributed by atoms with E-state index in [1.807, 2.05) is 31.2 Å². The van der Waals surface area contributed by atoms with Crippen LogP contribution in [0.3, 0.4) is 0 Å². The summed E-state index contributed by atoms with van der Waals surface area (Å²) in [6.07, 6.45) is 0. The van der Waals surface area contributed by atoms with Gasteiger partial charge in [-0.3, -0.25) is 5.43 Å². The van der Waals surface area contributed by atoms with Gasteiger partial charge in [-0.15, -0.1) is 5.53 Å². The first-order valence-electron chi connectivity index (χ1n) is 6.74. The van der Waals surface area contributed by atoms with Gasteiger partial charge in [-0.25, -0.2) is 20.0 Å². The Balaban J connectivity index is 1.92. The van der Waals surface area contributed by atoms with Crippen molar-refractivity contribution in [2.75, 3.05) is 6.54 Å². The van der Waals surface area contributed by atoms with Crippen molar-refractivity contribution in [1.82, 2.24) is 21.4 Å². The minimum Gasteiger partial charge on any atom is -0.253 e. The number of nitrogens with zero attached hydrogens (tertiary/aromatic N) is 3. The minimum atomic E-state index is -0.592. The van der Waals surface area contributed by atoms with Gasteiger partial charge in [0, 0.05) is 0 Å². The molecule has 1 aliphatic heterocycles. The Morgan fingerprint density at radius 1 is 1.32 bits per heavy atom. The molecule has 0 aromatic heterocycles. The van der Waals surface area contributed by atoms with E-state index in [2.05, 4.69) is 26.5 Å². The van der Waals surface area contributed by atoms with Crippen molar-refractivity contribution in [1.29, 1.82) is 0 Å². The first-order chi connectivity index (χ1) is 10.5. The normalized spacial score (nSPS) is 15.2. The Hall–Kier alpha value is -2.74. The molecule has 8 heteroatoms. The van der Waals surface area contributed by atoms with Crippen LogP contribution in [0.15, 0.2) is 34.4 Å². The number of hydrazone groups is 1. The van der Waals surface area contributed by atoms with E-state index in [-0.39, 0.29) is 6.54 Å². The van der Waals surface area contributed by atoms with Crippen LogP contribution < -0.4 is 16.4 Å². The Labute approximate surface area is 128 Å². The van der Waals surface area contributed by atoms with Gasteiger partial charge >= 0.3 is 12.1 Å². The third kappa shape index (κ3) is 4.13. The van der Waals surface area contributed by atoms with Crippen LogP contribution in [0.5, 0.6) is 0 Å². The van der Waals surface area contributed by atoms with Crippen LogP contribution in [0.1, 0.15) is 25.0 Å². The Morgan fingerprint density at radius 2 is 2.00 bits per heavy atom. The van der Waals surface area contributed by atoms with E-state index < -0.39 is 12.1 Å². The first-order valence-corrected chi connectivity index (χ1v) is 6.74. The van der Waals surface area contributed by atoms with E-state index in [9.17, 15) is 9.59 Å². The van der Waals surface area contributed by atoms with E-state index in [0.717, 1.165) is 11.1 Å². The molecule has 0 saturated carbocycles. The Bertz CT molecular complexity index is 635. The van der Waals surface area contributed by atoms with Crippen molar-refractivity contribution < 1.29 is 9.59 Å². The smallest absolute Gasteiger partial charge is 0.253 e. The van der Waals surface area contributed by atoms with Crippen molar-refractivity contribution in [2.45, 2.75) is 20.8 Å². The number of urea groups is 2. The largest absolute Gasteiger partial charge is 0.356 e. The van der Waals surface area contributed by atoms with Crippen molar-refractivity contribution in [3.05, 3.63) is 35.4 Å². The highest BCUT2D eigenvalue weighted by Gasteiger charge is 2.18. The Morgan fingerprint density at radius 3 is 2.68 bits per heavy atom. The lowest BCUT2D eigenvalue weighted by Gasteiger charge is -2.25. The molecule has 0 bridgehead atoms. The number of carbonyl (C=O) groups excluding carboxylic acids is 2. The molecule has 0 fully saturated rings. The second kappa shape index (κ2) is 6.81. The second-order valence-corrected chi connectivity index (χ2v) is 4.96. The molecule has 0 aliphatic carbocycles. The lowest BCUT2D eigenvalue weighted by Crippen LogP contribution is -2.57. The van der Waals surface area contributed by atoms with E-state index >= 15 is 0 Å². The maximum atomic E-state index is 11.8. The van der Waals surface area contributed by atoms with Crippen LogP contribution in [-0.2, 0) is 0 Å². The van der Waals surface area contributed by atoms with Crippen molar-refractivity contribution in [2.24, 2.45) is 10.1 Å². The molecule has 1 heterocycles. The van der Waals surface area contributed by atoms with Gasteiger partial charge in [0.1, 0.15) is 0 Å². The fraction of sp³-hybridized carbons (Fsp3) is 0.286. The van der Waals surface area contributed by atoms with Crippen LogP contribution in [-0.4, -0.2) is 35.0 Å². The van der Waals surface area contributed by atoms with Gasteiger partial charge in [0.05, 0.1) is 18.0 Å². The molecule has 0 saturated heterocycles. The highest BCUT2D eigenvalue weighted by atomic mass is 16.2. The minimum absolute atomic E-state index is 0.271. The van der Waals surface area contributed by atoms with Gasteiger partial charge in [-0.2, -0.15) is 10.1 Å². The first kappa shape index (κ1) is 15.6. The van der Waals surface area contributed by atoms with Gasteiger partial charge in [-0.1, -0.05) is 29.8 Å². The summed E-state index contributed by atoms with van der Waals surface area (Å²) >= 11 is 0. The average molecular weight is 302 g/mol. The number of aliphatic imine (C=N–C) groups is 1. The number of hydrogen-bond donors (Lipinski definition) is 3. The summed E-state index contributed by atoms with van der Waals surface area (Å²) < 4.78 is 0. The lowest BCUT2D eigenvalue weighted by molar-refractivity contribution is 0.163. The van der Waals surface area contributed by atoms with Gasteiger partial charge < -0.3 is 0 Å². The number of rotatable bonds is 3. The average Bonchev–Trinajstić information content (AvgIpc) is 2.49. The predicted molar refractivity (Wildman–Crippen MR) is 83.4 cm³/mol. The number of aryl methyl sites for hydroxylation is 1. The van der Waals surface area contributed by atoms with Gasteiger partial charge in [0.2, 0.25) is 0 Å². The highest BCUT2D eigenvalue weighted by molar-refractivity contribution is 6.04. The summed E-state index contributed by atoms with van der Waals surface area (Å²) in [5.41, 5.74) is 10.4. The van der Waals surface area contributed by atoms with E-state index in [1.54, 1.807) is 13.8 Å². The molecule has 4 amide bonds. The fourth-order valence-electron chi connectivity index (χ4n) is 1.78. The molecule has 1 aromatic rings. The maximum absolute atomic E-state index is 11.8. The SMILES string of the molecule is CC1=NNC(=O)N(NNC(=O)/N=C(\C)c2ccc(C)cc2)C1.